The Labute approximate surface area is 126 Å². The van der Waals surface area contributed by atoms with Crippen LogP contribution in [0.5, 0.6) is 11.5 Å². The van der Waals surface area contributed by atoms with Gasteiger partial charge in [-0.15, -0.1) is 0 Å². The quantitative estimate of drug-likeness (QED) is 0.739. The molecule has 2 heterocycles. The molecule has 0 amide bonds. The lowest BCUT2D eigenvalue weighted by molar-refractivity contribution is 0.174. The maximum atomic E-state index is 5.45. The Morgan fingerprint density at radius 2 is 1.50 bits per heavy atom. The molecule has 0 radical (unpaired) electrons. The Morgan fingerprint density at radius 1 is 0.818 bits per heavy atom. The smallest absolute Gasteiger partial charge is 0.231 e. The van der Waals surface area contributed by atoms with Crippen LogP contribution in [0.3, 0.4) is 0 Å². The molecule has 1 aliphatic heterocycles. The first kappa shape index (κ1) is 14.3. The summed E-state index contributed by atoms with van der Waals surface area (Å²) < 4.78 is 14.8. The highest BCUT2D eigenvalue weighted by Crippen LogP contribution is 2.32. The summed E-state index contributed by atoms with van der Waals surface area (Å²) in [5.41, 5.74) is 14.5. The molecule has 0 unspecified atom stereocenters. The minimum absolute atomic E-state index is 0.323. The van der Waals surface area contributed by atoms with E-state index < -0.39 is 0 Å². The molecule has 0 fully saturated rings. The molecule has 0 aliphatic carbocycles. The fourth-order valence-electron chi connectivity index (χ4n) is 2.02. The molecule has 0 saturated carbocycles. The summed E-state index contributed by atoms with van der Waals surface area (Å²) in [6.45, 7) is 1.38. The molecule has 0 spiro atoms. The number of nitrogens with two attached hydrogens (primary N) is 2. The van der Waals surface area contributed by atoms with Gasteiger partial charge in [0.05, 0.1) is 0 Å². The third-order valence-corrected chi connectivity index (χ3v) is 3.23. The predicted octanol–water partition coefficient (Wildman–Crippen LogP) is 1.56. The van der Waals surface area contributed by atoms with Crippen LogP contribution in [0.2, 0.25) is 0 Å². The van der Waals surface area contributed by atoms with Crippen molar-refractivity contribution in [2.45, 2.75) is 13.1 Å². The largest absolute Gasteiger partial charge is 0.454 e. The molecular formula is C15H16N4O3. The van der Waals surface area contributed by atoms with E-state index in [-0.39, 0.29) is 0 Å². The van der Waals surface area contributed by atoms with Crippen molar-refractivity contribution < 1.29 is 14.1 Å². The number of benzene rings is 2. The van der Waals surface area contributed by atoms with E-state index in [1.165, 1.54) is 0 Å². The maximum absolute atomic E-state index is 5.45. The molecule has 0 saturated heterocycles. The maximum Gasteiger partial charge on any atom is 0.231 e. The summed E-state index contributed by atoms with van der Waals surface area (Å²) in [7, 11) is 0. The van der Waals surface area contributed by atoms with E-state index in [1.54, 1.807) is 0 Å². The first-order valence-corrected chi connectivity index (χ1v) is 6.80. The van der Waals surface area contributed by atoms with Crippen LogP contribution < -0.4 is 20.9 Å². The van der Waals surface area contributed by atoms with Crippen LogP contribution in [0.15, 0.2) is 41.0 Å². The van der Waals surface area contributed by atoms with E-state index in [2.05, 4.69) is 14.9 Å². The van der Waals surface area contributed by atoms with Crippen LogP contribution >= 0.6 is 0 Å². The van der Waals surface area contributed by atoms with Gasteiger partial charge in [-0.3, -0.25) is 0 Å². The topological polar surface area (TPSA) is 109 Å². The molecule has 0 bridgehead atoms. The minimum atomic E-state index is 0.323. The van der Waals surface area contributed by atoms with E-state index in [0.29, 0.717) is 19.9 Å². The first-order valence-electron chi connectivity index (χ1n) is 6.80. The van der Waals surface area contributed by atoms with Gasteiger partial charge in [0.15, 0.2) is 11.5 Å². The summed E-state index contributed by atoms with van der Waals surface area (Å²) in [6, 6.07) is 11.3. The molecule has 114 valence electrons. The zero-order chi connectivity index (χ0) is 15.4. The van der Waals surface area contributed by atoms with Gasteiger partial charge in [-0.2, -0.15) is 0 Å². The van der Waals surface area contributed by atoms with Crippen LogP contribution in [0, 0.1) is 0 Å². The van der Waals surface area contributed by atoms with Crippen LogP contribution in [0.4, 0.5) is 0 Å². The molecular weight excluding hydrogens is 284 g/mol. The second-order valence-electron chi connectivity index (χ2n) is 4.68. The number of hydrogen-bond acceptors (Lipinski definition) is 7. The average Bonchev–Trinajstić information content (AvgIpc) is 3.22. The van der Waals surface area contributed by atoms with Crippen molar-refractivity contribution in [1.82, 2.24) is 10.3 Å². The molecule has 7 nitrogen and oxygen atoms in total. The van der Waals surface area contributed by atoms with Crippen molar-refractivity contribution >= 4 is 11.0 Å². The van der Waals surface area contributed by atoms with Gasteiger partial charge in [0.2, 0.25) is 6.79 Å². The van der Waals surface area contributed by atoms with Crippen molar-refractivity contribution in [3.05, 3.63) is 47.5 Å². The summed E-state index contributed by atoms with van der Waals surface area (Å²) in [5.74, 6) is 1.61. The van der Waals surface area contributed by atoms with Crippen molar-refractivity contribution in [3.63, 3.8) is 0 Å². The van der Waals surface area contributed by atoms with Crippen LogP contribution in [0.1, 0.15) is 11.1 Å². The van der Waals surface area contributed by atoms with E-state index in [4.69, 9.17) is 20.9 Å². The second-order valence-corrected chi connectivity index (χ2v) is 4.68. The first-order chi connectivity index (χ1) is 10.8. The van der Waals surface area contributed by atoms with Gasteiger partial charge in [-0.25, -0.2) is 4.63 Å². The third kappa shape index (κ3) is 3.00. The average molecular weight is 300 g/mol. The SMILES string of the molecule is NCc1ccc2c(c1)OCO2.NCc1ccc2nonc2c1. The number of ether oxygens (including phenoxy) is 2. The number of fused-ring (bicyclic) bond motifs is 2. The van der Waals surface area contributed by atoms with Gasteiger partial charge in [-0.1, -0.05) is 12.1 Å². The number of hydrogen-bond donors (Lipinski definition) is 2. The molecule has 4 rings (SSSR count). The fourth-order valence-corrected chi connectivity index (χ4v) is 2.02. The summed E-state index contributed by atoms with van der Waals surface area (Å²) in [6.07, 6.45) is 0. The summed E-state index contributed by atoms with van der Waals surface area (Å²) in [4.78, 5) is 0. The predicted molar refractivity (Wildman–Crippen MR) is 80.2 cm³/mol. The molecule has 1 aromatic heterocycles. The Hall–Kier alpha value is -2.64. The number of aromatic nitrogens is 2. The Balaban J connectivity index is 0.000000131. The van der Waals surface area contributed by atoms with Gasteiger partial charge >= 0.3 is 0 Å². The zero-order valence-corrected chi connectivity index (χ0v) is 11.9. The Kier molecular flexibility index (Phi) is 4.17. The van der Waals surface area contributed by atoms with Gasteiger partial charge in [0.1, 0.15) is 11.0 Å². The molecule has 1 aliphatic rings. The summed E-state index contributed by atoms with van der Waals surface area (Å²) in [5, 5.41) is 7.35. The second kappa shape index (κ2) is 6.42. The van der Waals surface area contributed by atoms with Crippen molar-refractivity contribution in [2.75, 3.05) is 6.79 Å². The molecule has 4 N–H and O–H groups in total. The monoisotopic (exact) mass is 300 g/mol. The molecule has 22 heavy (non-hydrogen) atoms. The molecule has 7 heteroatoms. The molecule has 2 aromatic carbocycles. The normalized spacial score (nSPS) is 12.1. The van der Waals surface area contributed by atoms with Gasteiger partial charge < -0.3 is 20.9 Å². The van der Waals surface area contributed by atoms with Gasteiger partial charge in [0, 0.05) is 13.1 Å². The standard InChI is InChI=1S/C8H9NO2.C7H7N3O/c9-4-6-1-2-7-8(3-6)11-5-10-7;8-4-5-1-2-6-7(3-5)10-11-9-6/h1-3H,4-5,9H2;1-3H,4,8H2. The van der Waals surface area contributed by atoms with Crippen LogP contribution in [0.25, 0.3) is 11.0 Å². The highest BCUT2D eigenvalue weighted by molar-refractivity contribution is 5.73. The minimum Gasteiger partial charge on any atom is -0.454 e. The Bertz CT molecular complexity index is 772. The van der Waals surface area contributed by atoms with E-state index in [9.17, 15) is 0 Å². The van der Waals surface area contributed by atoms with E-state index in [0.717, 1.165) is 33.7 Å². The van der Waals surface area contributed by atoms with E-state index in [1.807, 2.05) is 36.4 Å². The van der Waals surface area contributed by atoms with Gasteiger partial charge in [-0.05, 0) is 45.7 Å². The van der Waals surface area contributed by atoms with Crippen LogP contribution in [-0.4, -0.2) is 17.1 Å². The Morgan fingerprint density at radius 3 is 2.32 bits per heavy atom. The van der Waals surface area contributed by atoms with Crippen molar-refractivity contribution in [3.8, 4) is 11.5 Å². The lowest BCUT2D eigenvalue weighted by Gasteiger charge is -1.97. The lowest BCUT2D eigenvalue weighted by Crippen LogP contribution is -1.95. The third-order valence-electron chi connectivity index (χ3n) is 3.23. The van der Waals surface area contributed by atoms with Crippen LogP contribution in [-0.2, 0) is 13.1 Å². The zero-order valence-electron chi connectivity index (χ0n) is 11.9. The highest BCUT2D eigenvalue weighted by atomic mass is 16.7. The van der Waals surface area contributed by atoms with Crippen molar-refractivity contribution in [2.24, 2.45) is 11.5 Å². The lowest BCUT2D eigenvalue weighted by atomic mass is 10.2. The summed E-state index contributed by atoms with van der Waals surface area (Å²) >= 11 is 0. The molecule has 3 aromatic rings. The van der Waals surface area contributed by atoms with E-state index >= 15 is 0 Å². The van der Waals surface area contributed by atoms with Gasteiger partial charge in [0.25, 0.3) is 0 Å². The fraction of sp³-hybridized carbons (Fsp3) is 0.200. The highest BCUT2D eigenvalue weighted by Gasteiger charge is 2.12. The van der Waals surface area contributed by atoms with Crippen molar-refractivity contribution in [1.29, 1.82) is 0 Å². The molecule has 0 atom stereocenters. The number of rotatable bonds is 2. The number of nitrogens with zero attached hydrogens (tertiary/aromatic N) is 2.